The number of nitrogens with zero attached hydrogens (tertiary/aromatic N) is 1. The molecular weight excluding hydrogens is 190 g/mol. The average Bonchev–Trinajstić information content (AvgIpc) is 1.78. The van der Waals surface area contributed by atoms with E-state index in [0.29, 0.717) is 0 Å². The SMILES string of the molecule is OC1CN(CC(F)F)CC(F)(F)C1. The molecular formula is C7H11F4NO. The number of rotatable bonds is 2. The monoisotopic (exact) mass is 201 g/mol. The third kappa shape index (κ3) is 3.48. The first-order valence-electron chi connectivity index (χ1n) is 3.95. The fourth-order valence-corrected chi connectivity index (χ4v) is 1.50. The first-order chi connectivity index (χ1) is 5.89. The Bertz CT molecular complexity index is 174. The molecule has 0 bridgehead atoms. The van der Waals surface area contributed by atoms with E-state index in [1.165, 1.54) is 0 Å². The second-order valence-electron chi connectivity index (χ2n) is 3.30. The van der Waals surface area contributed by atoms with Crippen molar-refractivity contribution in [2.75, 3.05) is 19.6 Å². The summed E-state index contributed by atoms with van der Waals surface area (Å²) in [5, 5.41) is 8.96. The minimum absolute atomic E-state index is 0.0973. The highest BCUT2D eigenvalue weighted by molar-refractivity contribution is 4.84. The number of halogens is 4. The predicted octanol–water partition coefficient (Wildman–Crippen LogP) is 0.953. The number of hydrogen-bond acceptors (Lipinski definition) is 2. The zero-order valence-corrected chi connectivity index (χ0v) is 6.89. The molecule has 1 aliphatic rings. The fraction of sp³-hybridized carbons (Fsp3) is 1.00. The smallest absolute Gasteiger partial charge is 0.263 e. The van der Waals surface area contributed by atoms with Crippen molar-refractivity contribution < 1.29 is 22.7 Å². The number of hydrogen-bond donors (Lipinski definition) is 1. The highest BCUT2D eigenvalue weighted by atomic mass is 19.3. The van der Waals surface area contributed by atoms with Crippen LogP contribution in [0.25, 0.3) is 0 Å². The summed E-state index contributed by atoms with van der Waals surface area (Å²) in [4.78, 5) is 0.888. The van der Waals surface area contributed by atoms with Crippen LogP contribution in [0, 0.1) is 0 Å². The van der Waals surface area contributed by atoms with Crippen LogP contribution in [0.2, 0.25) is 0 Å². The van der Waals surface area contributed by atoms with Gasteiger partial charge in [0.1, 0.15) is 0 Å². The molecule has 1 rings (SSSR count). The quantitative estimate of drug-likeness (QED) is 0.672. The maximum absolute atomic E-state index is 12.7. The topological polar surface area (TPSA) is 23.5 Å². The summed E-state index contributed by atoms with van der Waals surface area (Å²) in [7, 11) is 0. The Kier molecular flexibility index (Phi) is 3.13. The van der Waals surface area contributed by atoms with Crippen LogP contribution in [-0.4, -0.2) is 48.1 Å². The Morgan fingerprint density at radius 3 is 2.54 bits per heavy atom. The molecule has 0 amide bonds. The van der Waals surface area contributed by atoms with Gasteiger partial charge in [0.25, 0.3) is 12.3 Å². The van der Waals surface area contributed by atoms with E-state index in [-0.39, 0.29) is 6.54 Å². The van der Waals surface area contributed by atoms with Gasteiger partial charge in [0, 0.05) is 13.0 Å². The minimum Gasteiger partial charge on any atom is -0.392 e. The molecule has 0 aliphatic carbocycles. The van der Waals surface area contributed by atoms with Crippen LogP contribution in [0.15, 0.2) is 0 Å². The number of alkyl halides is 4. The van der Waals surface area contributed by atoms with E-state index >= 15 is 0 Å². The Hall–Kier alpha value is -0.360. The van der Waals surface area contributed by atoms with Gasteiger partial charge in [-0.3, -0.25) is 4.90 Å². The number of aliphatic hydroxyl groups is 1. The largest absolute Gasteiger partial charge is 0.392 e. The maximum Gasteiger partial charge on any atom is 0.263 e. The molecule has 0 radical (unpaired) electrons. The summed E-state index contributed by atoms with van der Waals surface area (Å²) < 4.78 is 49.1. The van der Waals surface area contributed by atoms with Crippen molar-refractivity contribution >= 4 is 0 Å². The summed E-state index contributed by atoms with van der Waals surface area (Å²) in [5.41, 5.74) is 0. The molecule has 0 spiro atoms. The molecule has 0 aromatic rings. The van der Waals surface area contributed by atoms with E-state index in [2.05, 4.69) is 0 Å². The molecule has 2 nitrogen and oxygen atoms in total. The van der Waals surface area contributed by atoms with Crippen molar-refractivity contribution in [3.63, 3.8) is 0 Å². The van der Waals surface area contributed by atoms with Crippen LogP contribution in [0.5, 0.6) is 0 Å². The Morgan fingerprint density at radius 2 is 2.08 bits per heavy atom. The lowest BCUT2D eigenvalue weighted by Crippen LogP contribution is -2.50. The van der Waals surface area contributed by atoms with Crippen molar-refractivity contribution in [1.82, 2.24) is 4.90 Å². The molecule has 0 saturated carbocycles. The van der Waals surface area contributed by atoms with Crippen LogP contribution >= 0.6 is 0 Å². The molecule has 1 aliphatic heterocycles. The molecule has 1 atom stereocenters. The van der Waals surface area contributed by atoms with Gasteiger partial charge in [-0.2, -0.15) is 0 Å². The van der Waals surface area contributed by atoms with Crippen molar-refractivity contribution in [2.24, 2.45) is 0 Å². The van der Waals surface area contributed by atoms with E-state index in [1.54, 1.807) is 0 Å². The van der Waals surface area contributed by atoms with Gasteiger partial charge in [-0.05, 0) is 0 Å². The van der Waals surface area contributed by atoms with E-state index < -0.39 is 38.0 Å². The van der Waals surface area contributed by atoms with Gasteiger partial charge in [0.2, 0.25) is 0 Å². The van der Waals surface area contributed by atoms with Crippen molar-refractivity contribution in [1.29, 1.82) is 0 Å². The van der Waals surface area contributed by atoms with Gasteiger partial charge in [-0.25, -0.2) is 17.6 Å². The van der Waals surface area contributed by atoms with Gasteiger partial charge in [-0.1, -0.05) is 0 Å². The molecule has 13 heavy (non-hydrogen) atoms. The van der Waals surface area contributed by atoms with Gasteiger partial charge in [0.05, 0.1) is 19.2 Å². The van der Waals surface area contributed by atoms with Gasteiger partial charge in [-0.15, -0.1) is 0 Å². The third-order valence-electron chi connectivity index (χ3n) is 1.85. The normalized spacial score (nSPS) is 29.5. The van der Waals surface area contributed by atoms with Gasteiger partial charge < -0.3 is 5.11 Å². The van der Waals surface area contributed by atoms with Crippen molar-refractivity contribution in [3.8, 4) is 0 Å². The van der Waals surface area contributed by atoms with E-state index in [0.717, 1.165) is 4.90 Å². The molecule has 78 valence electrons. The summed E-state index contributed by atoms with van der Waals surface area (Å²) in [6.07, 6.45) is -4.48. The maximum atomic E-state index is 12.7. The van der Waals surface area contributed by atoms with Crippen LogP contribution < -0.4 is 0 Å². The molecule has 0 aromatic carbocycles. The highest BCUT2D eigenvalue weighted by Gasteiger charge is 2.40. The van der Waals surface area contributed by atoms with Gasteiger partial charge in [0.15, 0.2) is 0 Å². The summed E-state index contributed by atoms with van der Waals surface area (Å²) >= 11 is 0. The Balaban J connectivity index is 2.48. The van der Waals surface area contributed by atoms with E-state index in [1.807, 2.05) is 0 Å². The Labute approximate surface area is 73.1 Å². The summed E-state index contributed by atoms with van der Waals surface area (Å²) in [6.45, 7) is -1.49. The number of β-amino-alcohol motifs (C(OH)–C–C–N with tert-alkyl or cyclic N) is 1. The van der Waals surface area contributed by atoms with Crippen LogP contribution in [-0.2, 0) is 0 Å². The highest BCUT2D eigenvalue weighted by Crippen LogP contribution is 2.26. The van der Waals surface area contributed by atoms with E-state index in [4.69, 9.17) is 5.11 Å². The minimum atomic E-state index is -3.05. The van der Waals surface area contributed by atoms with Gasteiger partial charge >= 0.3 is 0 Å². The van der Waals surface area contributed by atoms with Crippen molar-refractivity contribution in [2.45, 2.75) is 24.9 Å². The number of likely N-dealkylation sites (tertiary alicyclic amines) is 1. The molecule has 0 aromatic heterocycles. The third-order valence-corrected chi connectivity index (χ3v) is 1.85. The van der Waals surface area contributed by atoms with Crippen molar-refractivity contribution in [3.05, 3.63) is 0 Å². The number of aliphatic hydroxyl groups excluding tert-OH is 1. The zero-order chi connectivity index (χ0) is 10.1. The first-order valence-corrected chi connectivity index (χ1v) is 3.95. The van der Waals surface area contributed by atoms with Crippen LogP contribution in [0.4, 0.5) is 17.6 Å². The summed E-state index contributed by atoms with van der Waals surface area (Å²) in [6, 6.07) is 0. The van der Waals surface area contributed by atoms with E-state index in [9.17, 15) is 17.6 Å². The fourth-order valence-electron chi connectivity index (χ4n) is 1.50. The molecule has 1 fully saturated rings. The second kappa shape index (κ2) is 3.79. The first kappa shape index (κ1) is 10.7. The average molecular weight is 201 g/mol. The second-order valence-corrected chi connectivity index (χ2v) is 3.30. The lowest BCUT2D eigenvalue weighted by molar-refractivity contribution is -0.114. The molecule has 1 unspecified atom stereocenters. The Morgan fingerprint density at radius 1 is 1.46 bits per heavy atom. The lowest BCUT2D eigenvalue weighted by atomic mass is 10.1. The zero-order valence-electron chi connectivity index (χ0n) is 6.89. The predicted molar refractivity (Wildman–Crippen MR) is 38.0 cm³/mol. The van der Waals surface area contributed by atoms with Crippen LogP contribution in [0.3, 0.4) is 0 Å². The molecule has 1 heterocycles. The lowest BCUT2D eigenvalue weighted by Gasteiger charge is -2.34. The standard InChI is InChI=1S/C7H11F4NO/c8-6(9)3-12-2-5(13)1-7(10,11)4-12/h5-6,13H,1-4H2. The molecule has 6 heteroatoms. The summed E-state index contributed by atoms with van der Waals surface area (Å²) in [5.74, 6) is -3.05. The molecule has 1 saturated heterocycles. The number of piperidine rings is 1. The van der Waals surface area contributed by atoms with Crippen LogP contribution in [0.1, 0.15) is 6.42 Å². The molecule has 1 N–H and O–H groups in total.